The topological polar surface area (TPSA) is 55.5 Å². The molecule has 0 spiro atoms. The van der Waals surface area contributed by atoms with Gasteiger partial charge in [0.05, 0.1) is 5.60 Å². The van der Waals surface area contributed by atoms with E-state index in [1.165, 1.54) is 12.8 Å². The van der Waals surface area contributed by atoms with Crippen LogP contribution in [-0.2, 0) is 4.74 Å². The van der Waals surface area contributed by atoms with E-state index in [0.29, 0.717) is 12.5 Å². The Morgan fingerprint density at radius 3 is 2.62 bits per heavy atom. The van der Waals surface area contributed by atoms with Crippen LogP contribution in [0.4, 0.5) is 0 Å². The Kier molecular flexibility index (Phi) is 8.90. The van der Waals surface area contributed by atoms with Crippen LogP contribution in [0.25, 0.3) is 0 Å². The molecule has 2 atom stereocenters. The number of rotatable bonds is 10. The molecule has 2 unspecified atom stereocenters. The molecule has 0 saturated carbocycles. The Morgan fingerprint density at radius 2 is 2.06 bits per heavy atom. The lowest BCUT2D eigenvalue weighted by Gasteiger charge is -2.20. The molecule has 0 radical (unpaired) electrons. The summed E-state index contributed by atoms with van der Waals surface area (Å²) in [6, 6.07) is 0. The van der Waals surface area contributed by atoms with Crippen LogP contribution < -0.4 is 5.73 Å². The lowest BCUT2D eigenvalue weighted by atomic mass is 10.00. The highest BCUT2D eigenvalue weighted by atomic mass is 16.5. The Hall–Kier alpha value is -0.120. The zero-order valence-electron chi connectivity index (χ0n) is 11.2. The Bertz CT molecular complexity index is 160. The third kappa shape index (κ3) is 9.13. The molecular formula is C13H29NO2. The minimum Gasteiger partial charge on any atom is -0.389 e. The highest BCUT2D eigenvalue weighted by molar-refractivity contribution is 4.72. The third-order valence-electron chi connectivity index (χ3n) is 2.88. The van der Waals surface area contributed by atoms with Crippen molar-refractivity contribution in [2.75, 3.05) is 19.8 Å². The summed E-state index contributed by atoms with van der Waals surface area (Å²) < 4.78 is 5.58. The van der Waals surface area contributed by atoms with Crippen molar-refractivity contribution in [1.82, 2.24) is 0 Å². The van der Waals surface area contributed by atoms with Gasteiger partial charge in [0.2, 0.25) is 0 Å². The minimum atomic E-state index is -0.699. The lowest BCUT2D eigenvalue weighted by molar-refractivity contribution is 0.0506. The van der Waals surface area contributed by atoms with Gasteiger partial charge in [0, 0.05) is 19.8 Å². The van der Waals surface area contributed by atoms with Crippen molar-refractivity contribution in [2.24, 2.45) is 11.7 Å². The molecule has 0 aromatic carbocycles. The maximum atomic E-state index is 9.67. The summed E-state index contributed by atoms with van der Waals surface area (Å²) in [5, 5.41) is 9.67. The molecule has 3 N–H and O–H groups in total. The summed E-state index contributed by atoms with van der Waals surface area (Å²) in [5.41, 5.74) is 4.74. The zero-order valence-corrected chi connectivity index (χ0v) is 11.2. The van der Waals surface area contributed by atoms with Crippen molar-refractivity contribution in [2.45, 2.75) is 58.5 Å². The highest BCUT2D eigenvalue weighted by Crippen LogP contribution is 2.12. The highest BCUT2D eigenvalue weighted by Gasteiger charge is 2.16. The molecule has 0 fully saturated rings. The van der Waals surface area contributed by atoms with Gasteiger partial charge in [0.1, 0.15) is 0 Å². The van der Waals surface area contributed by atoms with Crippen LogP contribution in [0.3, 0.4) is 0 Å². The van der Waals surface area contributed by atoms with Gasteiger partial charge in [-0.1, -0.05) is 20.3 Å². The predicted octanol–water partition coefficient (Wildman–Crippen LogP) is 2.32. The molecule has 16 heavy (non-hydrogen) atoms. The van der Waals surface area contributed by atoms with Crippen LogP contribution in [-0.4, -0.2) is 30.5 Å². The molecule has 0 aliphatic rings. The molecule has 0 saturated heterocycles. The van der Waals surface area contributed by atoms with E-state index >= 15 is 0 Å². The SMILES string of the molecule is CCCC(C)COCCCCC(C)(O)CN. The second kappa shape index (κ2) is 8.97. The first-order valence-corrected chi connectivity index (χ1v) is 6.52. The van der Waals surface area contributed by atoms with E-state index in [0.717, 1.165) is 32.5 Å². The van der Waals surface area contributed by atoms with Crippen LogP contribution >= 0.6 is 0 Å². The smallest absolute Gasteiger partial charge is 0.0741 e. The lowest BCUT2D eigenvalue weighted by Crippen LogP contribution is -2.33. The second-order valence-corrected chi connectivity index (χ2v) is 5.13. The number of nitrogens with two attached hydrogens (primary N) is 1. The van der Waals surface area contributed by atoms with Crippen molar-refractivity contribution in [3.05, 3.63) is 0 Å². The van der Waals surface area contributed by atoms with Gasteiger partial charge in [-0.05, 0) is 38.5 Å². The molecule has 0 aromatic rings. The van der Waals surface area contributed by atoms with Crippen molar-refractivity contribution < 1.29 is 9.84 Å². The van der Waals surface area contributed by atoms with Crippen molar-refractivity contribution in [1.29, 1.82) is 0 Å². The fraction of sp³-hybridized carbons (Fsp3) is 1.00. The largest absolute Gasteiger partial charge is 0.389 e. The van der Waals surface area contributed by atoms with Crippen LogP contribution in [0.2, 0.25) is 0 Å². The number of aliphatic hydroxyl groups is 1. The van der Waals surface area contributed by atoms with E-state index < -0.39 is 5.60 Å². The molecule has 3 nitrogen and oxygen atoms in total. The first kappa shape index (κ1) is 15.9. The monoisotopic (exact) mass is 231 g/mol. The van der Waals surface area contributed by atoms with E-state index in [1.807, 2.05) is 0 Å². The van der Waals surface area contributed by atoms with Gasteiger partial charge in [-0.2, -0.15) is 0 Å². The van der Waals surface area contributed by atoms with Crippen molar-refractivity contribution in [3.8, 4) is 0 Å². The summed E-state index contributed by atoms with van der Waals surface area (Å²) >= 11 is 0. The van der Waals surface area contributed by atoms with Crippen LogP contribution in [0.1, 0.15) is 52.9 Å². The van der Waals surface area contributed by atoms with Gasteiger partial charge in [0.15, 0.2) is 0 Å². The van der Waals surface area contributed by atoms with E-state index in [9.17, 15) is 5.11 Å². The summed E-state index contributed by atoms with van der Waals surface area (Å²) in [4.78, 5) is 0. The average Bonchev–Trinajstić information content (AvgIpc) is 2.23. The van der Waals surface area contributed by atoms with Crippen molar-refractivity contribution in [3.63, 3.8) is 0 Å². The molecular weight excluding hydrogens is 202 g/mol. The molecule has 0 aliphatic heterocycles. The maximum Gasteiger partial charge on any atom is 0.0741 e. The Labute approximate surface area is 100 Å². The summed E-state index contributed by atoms with van der Waals surface area (Å²) in [7, 11) is 0. The second-order valence-electron chi connectivity index (χ2n) is 5.13. The molecule has 0 amide bonds. The fourth-order valence-electron chi connectivity index (χ4n) is 1.67. The van der Waals surface area contributed by atoms with E-state index in [-0.39, 0.29) is 0 Å². The van der Waals surface area contributed by atoms with Gasteiger partial charge in [-0.3, -0.25) is 0 Å². The molecule has 0 rings (SSSR count). The van der Waals surface area contributed by atoms with Gasteiger partial charge < -0.3 is 15.6 Å². The zero-order chi connectivity index (χ0) is 12.4. The third-order valence-corrected chi connectivity index (χ3v) is 2.88. The van der Waals surface area contributed by atoms with Crippen molar-refractivity contribution >= 4 is 0 Å². The summed E-state index contributed by atoms with van der Waals surface area (Å²) in [6.07, 6.45) is 5.21. The van der Waals surface area contributed by atoms with Crippen LogP contribution in [0.5, 0.6) is 0 Å². The normalized spacial score (nSPS) is 17.1. The van der Waals surface area contributed by atoms with E-state index in [2.05, 4.69) is 13.8 Å². The van der Waals surface area contributed by atoms with Crippen LogP contribution in [0.15, 0.2) is 0 Å². The Morgan fingerprint density at radius 1 is 1.38 bits per heavy atom. The number of hydrogen-bond acceptors (Lipinski definition) is 3. The fourth-order valence-corrected chi connectivity index (χ4v) is 1.67. The maximum absolute atomic E-state index is 9.67. The molecule has 0 bridgehead atoms. The van der Waals surface area contributed by atoms with E-state index in [1.54, 1.807) is 6.92 Å². The van der Waals surface area contributed by atoms with Gasteiger partial charge >= 0.3 is 0 Å². The predicted molar refractivity (Wildman–Crippen MR) is 68.4 cm³/mol. The van der Waals surface area contributed by atoms with Crippen LogP contribution in [0, 0.1) is 5.92 Å². The first-order chi connectivity index (χ1) is 7.52. The summed E-state index contributed by atoms with van der Waals surface area (Å²) in [6.45, 7) is 8.21. The minimum absolute atomic E-state index is 0.335. The summed E-state index contributed by atoms with van der Waals surface area (Å²) in [5.74, 6) is 0.664. The molecule has 3 heteroatoms. The average molecular weight is 231 g/mol. The Balaban J connectivity index is 3.28. The number of hydrogen-bond donors (Lipinski definition) is 2. The molecule has 0 aromatic heterocycles. The van der Waals surface area contributed by atoms with Gasteiger partial charge in [0.25, 0.3) is 0 Å². The quantitative estimate of drug-likeness (QED) is 0.567. The molecule has 0 aliphatic carbocycles. The first-order valence-electron chi connectivity index (χ1n) is 6.52. The van der Waals surface area contributed by atoms with E-state index in [4.69, 9.17) is 10.5 Å². The van der Waals surface area contributed by atoms with Gasteiger partial charge in [-0.25, -0.2) is 0 Å². The number of unbranched alkanes of at least 4 members (excludes halogenated alkanes) is 1. The standard InChI is InChI=1S/C13H29NO2/c1-4-7-12(2)10-16-9-6-5-8-13(3,15)11-14/h12,15H,4-11,14H2,1-3H3. The molecule has 0 heterocycles. The van der Waals surface area contributed by atoms with Gasteiger partial charge in [-0.15, -0.1) is 0 Å². The molecule has 98 valence electrons. The number of ether oxygens (including phenoxy) is 1.